The molecular weight excluding hydrogens is 259 g/mol. The van der Waals surface area contributed by atoms with Gasteiger partial charge in [-0.15, -0.1) is 11.8 Å². The van der Waals surface area contributed by atoms with Gasteiger partial charge in [0, 0.05) is 17.2 Å². The van der Waals surface area contributed by atoms with E-state index in [0.29, 0.717) is 23.4 Å². The molecule has 0 aliphatic carbocycles. The summed E-state index contributed by atoms with van der Waals surface area (Å²) < 4.78 is 13.2. The van der Waals surface area contributed by atoms with Gasteiger partial charge < -0.3 is 5.73 Å². The number of thioether (sulfide) groups is 1. The normalized spacial score (nSPS) is 10.2. The minimum absolute atomic E-state index is 0.315. The average molecular weight is 272 g/mol. The third-order valence-corrected chi connectivity index (χ3v) is 3.76. The van der Waals surface area contributed by atoms with Crippen LogP contribution in [0, 0.1) is 17.1 Å². The fourth-order valence-electron chi connectivity index (χ4n) is 1.71. The molecule has 0 saturated carbocycles. The maximum absolute atomic E-state index is 13.2. The largest absolute Gasteiger partial charge is 0.326 e. The predicted molar refractivity (Wildman–Crippen MR) is 75.0 cm³/mol. The lowest BCUT2D eigenvalue weighted by Crippen LogP contribution is -1.95. The van der Waals surface area contributed by atoms with Crippen molar-refractivity contribution in [3.8, 4) is 6.07 Å². The summed E-state index contributed by atoms with van der Waals surface area (Å²) in [6.07, 6.45) is 0. The quantitative estimate of drug-likeness (QED) is 0.867. The highest BCUT2D eigenvalue weighted by atomic mass is 32.2. The molecule has 0 amide bonds. The van der Waals surface area contributed by atoms with Gasteiger partial charge in [-0.25, -0.2) is 4.39 Å². The monoisotopic (exact) mass is 272 g/mol. The van der Waals surface area contributed by atoms with Crippen molar-refractivity contribution in [2.24, 2.45) is 5.73 Å². The molecule has 2 aromatic rings. The standard InChI is InChI=1S/C15H13FN2S/c16-14-5-4-12(9-18)13(7-14)10-19-15-3-1-2-11(6-15)8-17/h1-7H,8,10,17H2. The van der Waals surface area contributed by atoms with E-state index in [1.165, 1.54) is 18.2 Å². The molecule has 0 radical (unpaired) electrons. The van der Waals surface area contributed by atoms with Crippen molar-refractivity contribution in [3.63, 3.8) is 0 Å². The van der Waals surface area contributed by atoms with E-state index in [1.807, 2.05) is 24.3 Å². The Balaban J connectivity index is 2.14. The Labute approximate surface area is 116 Å². The summed E-state index contributed by atoms with van der Waals surface area (Å²) in [7, 11) is 0. The van der Waals surface area contributed by atoms with Crippen LogP contribution in [0.1, 0.15) is 16.7 Å². The molecule has 2 rings (SSSR count). The van der Waals surface area contributed by atoms with Crippen LogP contribution in [0.15, 0.2) is 47.4 Å². The Morgan fingerprint density at radius 2 is 2.05 bits per heavy atom. The van der Waals surface area contributed by atoms with Gasteiger partial charge in [-0.05, 0) is 41.5 Å². The van der Waals surface area contributed by atoms with Crippen LogP contribution in [-0.4, -0.2) is 0 Å². The molecule has 0 spiro atoms. The first kappa shape index (κ1) is 13.6. The van der Waals surface area contributed by atoms with Crippen LogP contribution >= 0.6 is 11.8 Å². The molecule has 0 aliphatic heterocycles. The van der Waals surface area contributed by atoms with Crippen LogP contribution in [0.2, 0.25) is 0 Å². The van der Waals surface area contributed by atoms with E-state index in [4.69, 9.17) is 11.0 Å². The minimum Gasteiger partial charge on any atom is -0.326 e. The van der Waals surface area contributed by atoms with E-state index in [9.17, 15) is 4.39 Å². The Kier molecular flexibility index (Phi) is 4.56. The molecule has 0 fully saturated rings. The van der Waals surface area contributed by atoms with Gasteiger partial charge in [-0.2, -0.15) is 5.26 Å². The number of hydrogen-bond donors (Lipinski definition) is 1. The zero-order chi connectivity index (χ0) is 13.7. The molecule has 0 atom stereocenters. The van der Waals surface area contributed by atoms with Crippen molar-refractivity contribution in [3.05, 3.63) is 65.0 Å². The minimum atomic E-state index is -0.315. The van der Waals surface area contributed by atoms with Gasteiger partial charge >= 0.3 is 0 Å². The molecule has 2 N–H and O–H groups in total. The fourth-order valence-corrected chi connectivity index (χ4v) is 2.68. The number of nitriles is 1. The number of benzene rings is 2. The summed E-state index contributed by atoms with van der Waals surface area (Å²) in [4.78, 5) is 1.07. The highest BCUT2D eigenvalue weighted by Gasteiger charge is 2.05. The highest BCUT2D eigenvalue weighted by molar-refractivity contribution is 7.98. The van der Waals surface area contributed by atoms with Gasteiger partial charge in [0.2, 0.25) is 0 Å². The SMILES string of the molecule is N#Cc1ccc(F)cc1CSc1cccc(CN)c1. The smallest absolute Gasteiger partial charge is 0.123 e. The number of halogens is 1. The zero-order valence-electron chi connectivity index (χ0n) is 10.3. The molecule has 0 bridgehead atoms. The summed E-state index contributed by atoms with van der Waals surface area (Å²) >= 11 is 1.57. The highest BCUT2D eigenvalue weighted by Crippen LogP contribution is 2.25. The van der Waals surface area contributed by atoms with Gasteiger partial charge in [-0.3, -0.25) is 0 Å². The van der Waals surface area contributed by atoms with Gasteiger partial charge in [0.15, 0.2) is 0 Å². The number of nitrogens with two attached hydrogens (primary N) is 1. The third kappa shape index (κ3) is 3.57. The summed E-state index contributed by atoms with van der Waals surface area (Å²) in [5.74, 6) is 0.250. The van der Waals surface area contributed by atoms with Gasteiger partial charge in [0.1, 0.15) is 5.82 Å². The first-order valence-electron chi connectivity index (χ1n) is 5.83. The number of hydrogen-bond acceptors (Lipinski definition) is 3. The van der Waals surface area contributed by atoms with E-state index in [-0.39, 0.29) is 5.82 Å². The van der Waals surface area contributed by atoms with Crippen LogP contribution in [0.25, 0.3) is 0 Å². The molecule has 0 saturated heterocycles. The lowest BCUT2D eigenvalue weighted by atomic mass is 10.1. The molecule has 96 valence electrons. The first-order chi connectivity index (χ1) is 9.22. The van der Waals surface area contributed by atoms with E-state index >= 15 is 0 Å². The van der Waals surface area contributed by atoms with Gasteiger partial charge in [0.05, 0.1) is 11.6 Å². The topological polar surface area (TPSA) is 49.8 Å². The summed E-state index contributed by atoms with van der Waals surface area (Å²) in [5.41, 5.74) is 7.88. The molecule has 0 unspecified atom stereocenters. The Morgan fingerprint density at radius 3 is 2.79 bits per heavy atom. The van der Waals surface area contributed by atoms with Crippen molar-refractivity contribution < 1.29 is 4.39 Å². The van der Waals surface area contributed by atoms with E-state index in [0.717, 1.165) is 10.5 Å². The van der Waals surface area contributed by atoms with Crippen LogP contribution < -0.4 is 5.73 Å². The average Bonchev–Trinajstić information content (AvgIpc) is 2.45. The van der Waals surface area contributed by atoms with Crippen LogP contribution in [0.3, 0.4) is 0 Å². The Bertz CT molecular complexity index is 620. The molecule has 0 aliphatic rings. The van der Waals surface area contributed by atoms with Crippen LogP contribution in [0.5, 0.6) is 0 Å². The van der Waals surface area contributed by atoms with E-state index in [1.54, 1.807) is 11.8 Å². The zero-order valence-corrected chi connectivity index (χ0v) is 11.1. The second-order valence-electron chi connectivity index (χ2n) is 4.05. The maximum atomic E-state index is 13.2. The van der Waals surface area contributed by atoms with Crippen molar-refractivity contribution >= 4 is 11.8 Å². The van der Waals surface area contributed by atoms with E-state index < -0.39 is 0 Å². The molecule has 4 heteroatoms. The second kappa shape index (κ2) is 6.37. The molecule has 19 heavy (non-hydrogen) atoms. The molecule has 0 aromatic heterocycles. The number of nitrogens with zero attached hydrogens (tertiary/aromatic N) is 1. The summed E-state index contributed by atoms with van der Waals surface area (Å²) in [5, 5.41) is 8.99. The Morgan fingerprint density at radius 1 is 1.21 bits per heavy atom. The van der Waals surface area contributed by atoms with Crippen LogP contribution in [-0.2, 0) is 12.3 Å². The van der Waals surface area contributed by atoms with Crippen molar-refractivity contribution in [1.82, 2.24) is 0 Å². The fraction of sp³-hybridized carbons (Fsp3) is 0.133. The third-order valence-electron chi connectivity index (χ3n) is 2.72. The van der Waals surface area contributed by atoms with E-state index in [2.05, 4.69) is 6.07 Å². The van der Waals surface area contributed by atoms with Gasteiger partial charge in [0.25, 0.3) is 0 Å². The first-order valence-corrected chi connectivity index (χ1v) is 6.82. The molecular formula is C15H13FN2S. The molecule has 0 heterocycles. The Hall–Kier alpha value is -1.83. The lowest BCUT2D eigenvalue weighted by Gasteiger charge is -2.06. The maximum Gasteiger partial charge on any atom is 0.123 e. The van der Waals surface area contributed by atoms with Crippen molar-refractivity contribution in [2.45, 2.75) is 17.2 Å². The summed E-state index contributed by atoms with van der Waals surface area (Å²) in [6, 6.07) is 14.2. The molecule has 2 aromatic carbocycles. The predicted octanol–water partition coefficient (Wildman–Crippen LogP) is 3.45. The summed E-state index contributed by atoms with van der Waals surface area (Å²) in [6.45, 7) is 0.498. The lowest BCUT2D eigenvalue weighted by molar-refractivity contribution is 0.626. The van der Waals surface area contributed by atoms with Crippen LogP contribution in [0.4, 0.5) is 4.39 Å². The van der Waals surface area contributed by atoms with Crippen molar-refractivity contribution in [1.29, 1.82) is 5.26 Å². The molecule has 2 nitrogen and oxygen atoms in total. The van der Waals surface area contributed by atoms with Crippen molar-refractivity contribution in [2.75, 3.05) is 0 Å². The van der Waals surface area contributed by atoms with Gasteiger partial charge in [-0.1, -0.05) is 12.1 Å². The number of rotatable bonds is 4. The second-order valence-corrected chi connectivity index (χ2v) is 5.10.